The molecule has 126 valence electrons. The Morgan fingerprint density at radius 1 is 1.33 bits per heavy atom. The topological polar surface area (TPSA) is 82.1 Å². The summed E-state index contributed by atoms with van der Waals surface area (Å²) in [5.74, 6) is -0.417. The fourth-order valence-electron chi connectivity index (χ4n) is 2.71. The predicted molar refractivity (Wildman–Crippen MR) is 89.5 cm³/mol. The molecule has 0 saturated heterocycles. The van der Waals surface area contributed by atoms with Crippen LogP contribution < -0.4 is 11.1 Å². The van der Waals surface area contributed by atoms with Crippen molar-refractivity contribution in [2.75, 3.05) is 0 Å². The molecule has 7 nitrogen and oxygen atoms in total. The lowest BCUT2D eigenvalue weighted by Gasteiger charge is -2.14. The van der Waals surface area contributed by atoms with Gasteiger partial charge in [-0.15, -0.1) is 0 Å². The minimum atomic E-state index is -0.386. The number of rotatable bonds is 7. The number of aryl methyl sites for hydroxylation is 1. The first kappa shape index (κ1) is 16.0. The van der Waals surface area contributed by atoms with Crippen molar-refractivity contribution >= 4 is 17.0 Å². The maximum atomic E-state index is 12.0. The minimum absolute atomic E-state index is 0.00474. The number of carbonyl (C=O) groups excluding carboxylic acids is 1. The third-order valence-corrected chi connectivity index (χ3v) is 3.79. The first-order valence-electron chi connectivity index (χ1n) is 7.98. The fraction of sp³-hybridized carbons (Fsp3) is 0.353. The minimum Gasteiger partial charge on any atom is -0.408 e. The van der Waals surface area contributed by atoms with Gasteiger partial charge in [-0.1, -0.05) is 12.1 Å². The van der Waals surface area contributed by atoms with E-state index in [0.29, 0.717) is 31.5 Å². The summed E-state index contributed by atoms with van der Waals surface area (Å²) in [6, 6.07) is 9.13. The molecule has 24 heavy (non-hydrogen) atoms. The Labute approximate surface area is 138 Å². The number of nitrogens with one attached hydrogen (secondary N) is 1. The molecule has 0 aliphatic rings. The van der Waals surface area contributed by atoms with Crippen LogP contribution in [-0.4, -0.2) is 26.3 Å². The summed E-state index contributed by atoms with van der Waals surface area (Å²) in [4.78, 5) is 23.9. The van der Waals surface area contributed by atoms with Crippen LogP contribution in [0.25, 0.3) is 11.1 Å². The van der Waals surface area contributed by atoms with E-state index in [4.69, 9.17) is 4.42 Å². The number of oxazole rings is 1. The second kappa shape index (κ2) is 7.16. The van der Waals surface area contributed by atoms with Crippen molar-refractivity contribution in [2.45, 2.75) is 38.9 Å². The summed E-state index contributed by atoms with van der Waals surface area (Å²) >= 11 is 0. The van der Waals surface area contributed by atoms with Gasteiger partial charge >= 0.3 is 5.76 Å². The highest BCUT2D eigenvalue weighted by atomic mass is 16.4. The van der Waals surface area contributed by atoms with Crippen LogP contribution >= 0.6 is 0 Å². The van der Waals surface area contributed by atoms with Crippen LogP contribution in [0.2, 0.25) is 0 Å². The molecular weight excluding hydrogens is 308 g/mol. The first-order chi connectivity index (χ1) is 11.6. The number of para-hydroxylation sites is 2. The summed E-state index contributed by atoms with van der Waals surface area (Å²) in [7, 11) is 0. The third-order valence-electron chi connectivity index (χ3n) is 3.79. The highest BCUT2D eigenvalue weighted by Gasteiger charge is 2.11. The third kappa shape index (κ3) is 3.73. The first-order valence-corrected chi connectivity index (χ1v) is 7.98. The fourth-order valence-corrected chi connectivity index (χ4v) is 2.71. The number of fused-ring (bicyclic) bond motifs is 1. The zero-order valence-electron chi connectivity index (χ0n) is 13.5. The van der Waals surface area contributed by atoms with Gasteiger partial charge in [-0.2, -0.15) is 5.10 Å². The molecule has 0 aliphatic heterocycles. The summed E-state index contributed by atoms with van der Waals surface area (Å²) in [6.45, 7) is 3.02. The van der Waals surface area contributed by atoms with Gasteiger partial charge in [0.2, 0.25) is 5.91 Å². The highest BCUT2D eigenvalue weighted by Crippen LogP contribution is 2.12. The lowest BCUT2D eigenvalue weighted by Crippen LogP contribution is -2.35. The van der Waals surface area contributed by atoms with Crippen LogP contribution in [0, 0.1) is 0 Å². The van der Waals surface area contributed by atoms with Gasteiger partial charge < -0.3 is 9.73 Å². The molecule has 0 fully saturated rings. The van der Waals surface area contributed by atoms with Crippen LogP contribution in [-0.2, 0) is 17.9 Å². The van der Waals surface area contributed by atoms with Crippen molar-refractivity contribution in [1.82, 2.24) is 19.7 Å². The largest absolute Gasteiger partial charge is 0.419 e. The summed E-state index contributed by atoms with van der Waals surface area (Å²) < 4.78 is 8.52. The number of hydrogen-bond acceptors (Lipinski definition) is 4. The van der Waals surface area contributed by atoms with E-state index in [2.05, 4.69) is 10.4 Å². The van der Waals surface area contributed by atoms with Crippen molar-refractivity contribution in [3.8, 4) is 0 Å². The zero-order chi connectivity index (χ0) is 16.9. The predicted octanol–water partition coefficient (Wildman–Crippen LogP) is 1.78. The molecule has 7 heteroatoms. The molecule has 3 aromatic rings. The van der Waals surface area contributed by atoms with Crippen molar-refractivity contribution in [2.24, 2.45) is 0 Å². The van der Waals surface area contributed by atoms with Gasteiger partial charge in [-0.25, -0.2) is 4.79 Å². The van der Waals surface area contributed by atoms with Crippen molar-refractivity contribution in [3.05, 3.63) is 53.3 Å². The van der Waals surface area contributed by atoms with Crippen molar-refractivity contribution < 1.29 is 9.21 Å². The van der Waals surface area contributed by atoms with Gasteiger partial charge in [0.1, 0.15) is 0 Å². The molecule has 1 aromatic carbocycles. The van der Waals surface area contributed by atoms with Crippen LogP contribution in [0.3, 0.4) is 0 Å². The smallest absolute Gasteiger partial charge is 0.408 e. The number of benzene rings is 1. The normalized spacial score (nSPS) is 12.4. The SMILES string of the molecule is C[C@H](Cn1cccn1)NC(=O)CCCn1c(=O)oc2ccccc21. The lowest BCUT2D eigenvalue weighted by molar-refractivity contribution is -0.121. The second-order valence-corrected chi connectivity index (χ2v) is 5.79. The van der Waals surface area contributed by atoms with Gasteiger partial charge in [0.15, 0.2) is 5.58 Å². The van der Waals surface area contributed by atoms with E-state index >= 15 is 0 Å². The average Bonchev–Trinajstić information content (AvgIpc) is 3.15. The Bertz CT molecular complexity index is 863. The molecule has 0 bridgehead atoms. The van der Waals surface area contributed by atoms with Gasteiger partial charge in [0.25, 0.3) is 0 Å². The molecule has 0 aliphatic carbocycles. The summed E-state index contributed by atoms with van der Waals surface area (Å²) in [5, 5.41) is 7.05. The van der Waals surface area contributed by atoms with E-state index in [1.54, 1.807) is 21.5 Å². The Hall–Kier alpha value is -2.83. The number of amides is 1. The highest BCUT2D eigenvalue weighted by molar-refractivity contribution is 5.76. The Kier molecular flexibility index (Phi) is 4.79. The average molecular weight is 328 g/mol. The number of nitrogens with zero attached hydrogens (tertiary/aromatic N) is 3. The molecule has 0 radical (unpaired) electrons. The van der Waals surface area contributed by atoms with E-state index in [1.807, 2.05) is 37.4 Å². The Morgan fingerprint density at radius 2 is 2.17 bits per heavy atom. The molecule has 1 amide bonds. The molecule has 3 rings (SSSR count). The van der Waals surface area contributed by atoms with Gasteiger partial charge in [-0.05, 0) is 31.5 Å². The molecule has 0 saturated carbocycles. The van der Waals surface area contributed by atoms with Crippen LogP contribution in [0.1, 0.15) is 19.8 Å². The van der Waals surface area contributed by atoms with E-state index in [0.717, 1.165) is 5.52 Å². The molecule has 1 N–H and O–H groups in total. The quantitative estimate of drug-likeness (QED) is 0.717. The lowest BCUT2D eigenvalue weighted by atomic mass is 10.2. The molecule has 2 heterocycles. The molecular formula is C17H20N4O3. The van der Waals surface area contributed by atoms with E-state index in [9.17, 15) is 9.59 Å². The van der Waals surface area contributed by atoms with E-state index in [1.165, 1.54) is 0 Å². The van der Waals surface area contributed by atoms with Gasteiger partial charge in [0.05, 0.1) is 12.1 Å². The standard InChI is InChI=1S/C17H20N4O3/c1-13(12-20-10-5-9-18-20)19-16(22)8-4-11-21-14-6-2-3-7-15(14)24-17(21)23/h2-3,5-7,9-10,13H,4,8,11-12H2,1H3,(H,19,22)/t13-/m1/s1. The second-order valence-electron chi connectivity index (χ2n) is 5.79. The van der Waals surface area contributed by atoms with Crippen molar-refractivity contribution in [1.29, 1.82) is 0 Å². The van der Waals surface area contributed by atoms with E-state index in [-0.39, 0.29) is 17.7 Å². The van der Waals surface area contributed by atoms with Gasteiger partial charge in [0, 0.05) is 31.4 Å². The van der Waals surface area contributed by atoms with Crippen molar-refractivity contribution in [3.63, 3.8) is 0 Å². The number of aromatic nitrogens is 3. The number of carbonyl (C=O) groups is 1. The molecule has 0 spiro atoms. The Morgan fingerprint density at radius 3 is 2.96 bits per heavy atom. The molecule has 2 aromatic heterocycles. The monoisotopic (exact) mass is 328 g/mol. The van der Waals surface area contributed by atoms with Gasteiger partial charge in [-0.3, -0.25) is 14.0 Å². The van der Waals surface area contributed by atoms with Crippen LogP contribution in [0.15, 0.2) is 51.9 Å². The number of hydrogen-bond donors (Lipinski definition) is 1. The van der Waals surface area contributed by atoms with Crippen LogP contribution in [0.4, 0.5) is 0 Å². The van der Waals surface area contributed by atoms with E-state index < -0.39 is 0 Å². The molecule has 0 unspecified atom stereocenters. The summed E-state index contributed by atoms with van der Waals surface area (Å²) in [6.07, 6.45) is 4.50. The Balaban J connectivity index is 1.49. The maximum Gasteiger partial charge on any atom is 0.419 e. The van der Waals surface area contributed by atoms with Crippen LogP contribution in [0.5, 0.6) is 0 Å². The maximum absolute atomic E-state index is 12.0. The molecule has 1 atom stereocenters. The summed E-state index contributed by atoms with van der Waals surface area (Å²) in [5.41, 5.74) is 1.33. The zero-order valence-corrected chi connectivity index (χ0v) is 13.5.